The van der Waals surface area contributed by atoms with E-state index in [1.165, 1.54) is 10.5 Å². The summed E-state index contributed by atoms with van der Waals surface area (Å²) in [6.07, 6.45) is 2.39. The zero-order valence-electron chi connectivity index (χ0n) is 17.3. The van der Waals surface area contributed by atoms with Crippen molar-refractivity contribution in [2.75, 3.05) is 6.54 Å². The molecule has 0 spiro atoms. The minimum Gasteiger partial charge on any atom is -0.488 e. The topological polar surface area (TPSA) is 46.6 Å². The predicted molar refractivity (Wildman–Crippen MR) is 125 cm³/mol. The van der Waals surface area contributed by atoms with Crippen LogP contribution >= 0.6 is 11.8 Å². The van der Waals surface area contributed by atoms with Crippen LogP contribution in [0.4, 0.5) is 4.79 Å². The number of aryl methyl sites for hydroxylation is 1. The maximum atomic E-state index is 12.8. The van der Waals surface area contributed by atoms with Crippen molar-refractivity contribution in [3.05, 3.63) is 106 Å². The number of carbonyl (C=O) groups is 2. The van der Waals surface area contributed by atoms with Gasteiger partial charge in [-0.3, -0.25) is 14.5 Å². The molecule has 0 aliphatic carbocycles. The number of imide groups is 1. The number of hydrogen-bond donors (Lipinski definition) is 0. The number of rotatable bonds is 7. The molecule has 0 saturated carbocycles. The molecule has 0 aromatic heterocycles. The molecule has 0 radical (unpaired) electrons. The van der Waals surface area contributed by atoms with Gasteiger partial charge in [0.25, 0.3) is 11.1 Å². The first-order valence-electron chi connectivity index (χ1n) is 10.2. The quantitative estimate of drug-likeness (QED) is 0.442. The first-order valence-corrected chi connectivity index (χ1v) is 11.0. The number of para-hydroxylation sites is 1. The summed E-state index contributed by atoms with van der Waals surface area (Å²) in [4.78, 5) is 27.0. The molecule has 0 N–H and O–H groups in total. The van der Waals surface area contributed by atoms with Crippen LogP contribution in [0.15, 0.2) is 83.8 Å². The molecule has 1 heterocycles. The Labute approximate surface area is 186 Å². The molecule has 1 aliphatic heterocycles. The molecule has 31 heavy (non-hydrogen) atoms. The Hall–Kier alpha value is -3.31. The first kappa shape index (κ1) is 20.9. The van der Waals surface area contributed by atoms with E-state index in [1.807, 2.05) is 79.7 Å². The van der Waals surface area contributed by atoms with Crippen LogP contribution < -0.4 is 4.74 Å². The normalized spacial score (nSPS) is 15.0. The third-order valence-corrected chi connectivity index (χ3v) is 5.93. The minimum atomic E-state index is -0.251. The van der Waals surface area contributed by atoms with Gasteiger partial charge in [0.2, 0.25) is 0 Å². The maximum Gasteiger partial charge on any atom is 0.293 e. The van der Waals surface area contributed by atoms with Crippen molar-refractivity contribution >= 4 is 29.0 Å². The fourth-order valence-electron chi connectivity index (χ4n) is 3.41. The molecule has 0 unspecified atom stereocenters. The molecule has 1 fully saturated rings. The Morgan fingerprint density at radius 2 is 1.65 bits per heavy atom. The van der Waals surface area contributed by atoms with Gasteiger partial charge in [-0.25, -0.2) is 0 Å². The van der Waals surface area contributed by atoms with E-state index >= 15 is 0 Å². The van der Waals surface area contributed by atoms with E-state index in [0.717, 1.165) is 28.5 Å². The number of carbonyl (C=O) groups excluding carboxylic acids is 2. The molecular formula is C26H23NO3S. The summed E-state index contributed by atoms with van der Waals surface area (Å²) >= 11 is 0.980. The van der Waals surface area contributed by atoms with E-state index in [-0.39, 0.29) is 11.1 Å². The van der Waals surface area contributed by atoms with E-state index in [4.69, 9.17) is 4.74 Å². The summed E-state index contributed by atoms with van der Waals surface area (Å²) in [5, 5.41) is -0.231. The van der Waals surface area contributed by atoms with Crippen LogP contribution in [0.2, 0.25) is 0 Å². The highest BCUT2D eigenvalue weighted by Gasteiger charge is 2.34. The van der Waals surface area contributed by atoms with Gasteiger partial charge in [0, 0.05) is 12.1 Å². The molecular weight excluding hydrogens is 406 g/mol. The number of thioether (sulfide) groups is 1. The largest absolute Gasteiger partial charge is 0.488 e. The standard InChI is InChI=1S/C26H23NO3S/c1-19-8-7-11-21(16-19)18-30-23-13-6-5-12-22(23)17-24-25(28)27(26(29)31-24)15-14-20-9-3-2-4-10-20/h2-13,16-17H,14-15,18H2,1H3/b24-17-. The highest BCUT2D eigenvalue weighted by atomic mass is 32.2. The van der Waals surface area contributed by atoms with Crippen LogP contribution in [0.25, 0.3) is 6.08 Å². The van der Waals surface area contributed by atoms with Crippen molar-refractivity contribution in [3.8, 4) is 5.75 Å². The molecule has 4 nitrogen and oxygen atoms in total. The molecule has 3 aromatic rings. The van der Waals surface area contributed by atoms with Crippen molar-refractivity contribution in [1.82, 2.24) is 4.90 Å². The second-order valence-corrected chi connectivity index (χ2v) is 8.38. The Bertz CT molecular complexity index is 1120. The average Bonchev–Trinajstić information content (AvgIpc) is 3.05. The molecule has 1 saturated heterocycles. The summed E-state index contributed by atoms with van der Waals surface area (Å²) in [6.45, 7) is 2.86. The Morgan fingerprint density at radius 1 is 0.903 bits per heavy atom. The number of nitrogens with zero attached hydrogens (tertiary/aromatic N) is 1. The lowest BCUT2D eigenvalue weighted by Crippen LogP contribution is -2.30. The van der Waals surface area contributed by atoms with E-state index in [2.05, 4.69) is 6.07 Å². The lowest BCUT2D eigenvalue weighted by Gasteiger charge is -2.12. The molecule has 2 amide bonds. The van der Waals surface area contributed by atoms with Gasteiger partial charge in [-0.2, -0.15) is 0 Å². The summed E-state index contributed by atoms with van der Waals surface area (Å²) in [5.74, 6) is 0.430. The molecule has 3 aromatic carbocycles. The highest BCUT2D eigenvalue weighted by molar-refractivity contribution is 8.18. The average molecular weight is 430 g/mol. The predicted octanol–water partition coefficient (Wildman–Crippen LogP) is 5.85. The van der Waals surface area contributed by atoms with Crippen molar-refractivity contribution in [3.63, 3.8) is 0 Å². The number of hydrogen-bond acceptors (Lipinski definition) is 4. The second-order valence-electron chi connectivity index (χ2n) is 7.38. The smallest absolute Gasteiger partial charge is 0.293 e. The van der Waals surface area contributed by atoms with Crippen LogP contribution in [0.3, 0.4) is 0 Å². The monoisotopic (exact) mass is 429 g/mol. The Balaban J connectivity index is 1.47. The van der Waals surface area contributed by atoms with Crippen molar-refractivity contribution in [2.45, 2.75) is 20.0 Å². The SMILES string of the molecule is Cc1cccc(COc2ccccc2/C=C2\SC(=O)N(CCc3ccccc3)C2=O)c1. The van der Waals surface area contributed by atoms with Crippen LogP contribution in [-0.2, 0) is 17.8 Å². The number of ether oxygens (including phenoxy) is 1. The molecule has 0 atom stereocenters. The Kier molecular flexibility index (Phi) is 6.53. The molecule has 5 heteroatoms. The van der Waals surface area contributed by atoms with Crippen LogP contribution in [0.1, 0.15) is 22.3 Å². The molecule has 1 aliphatic rings. The lowest BCUT2D eigenvalue weighted by molar-refractivity contribution is -0.122. The van der Waals surface area contributed by atoms with Gasteiger partial charge in [0.15, 0.2) is 0 Å². The van der Waals surface area contributed by atoms with Gasteiger partial charge in [0.05, 0.1) is 4.91 Å². The summed E-state index contributed by atoms with van der Waals surface area (Å²) in [5.41, 5.74) is 4.14. The van der Waals surface area contributed by atoms with Gasteiger partial charge in [0.1, 0.15) is 12.4 Å². The van der Waals surface area contributed by atoms with Crippen molar-refractivity contribution < 1.29 is 14.3 Å². The molecule has 156 valence electrons. The first-order chi connectivity index (χ1) is 15.1. The van der Waals surface area contributed by atoms with E-state index in [9.17, 15) is 9.59 Å². The van der Waals surface area contributed by atoms with E-state index in [0.29, 0.717) is 30.2 Å². The van der Waals surface area contributed by atoms with Crippen LogP contribution in [0.5, 0.6) is 5.75 Å². The number of amides is 2. The maximum absolute atomic E-state index is 12.8. The summed E-state index contributed by atoms with van der Waals surface area (Å²) in [6, 6.07) is 25.6. The van der Waals surface area contributed by atoms with Crippen LogP contribution in [0, 0.1) is 6.92 Å². The van der Waals surface area contributed by atoms with E-state index in [1.54, 1.807) is 6.08 Å². The van der Waals surface area contributed by atoms with Gasteiger partial charge < -0.3 is 4.74 Å². The van der Waals surface area contributed by atoms with Crippen molar-refractivity contribution in [2.24, 2.45) is 0 Å². The zero-order valence-corrected chi connectivity index (χ0v) is 18.1. The van der Waals surface area contributed by atoms with Crippen molar-refractivity contribution in [1.29, 1.82) is 0 Å². The fourth-order valence-corrected chi connectivity index (χ4v) is 4.27. The third kappa shape index (κ3) is 5.25. The molecule has 4 rings (SSSR count). The van der Waals surface area contributed by atoms with E-state index < -0.39 is 0 Å². The van der Waals surface area contributed by atoms with Crippen LogP contribution in [-0.4, -0.2) is 22.6 Å². The third-order valence-electron chi connectivity index (χ3n) is 5.02. The fraction of sp³-hybridized carbons (Fsp3) is 0.154. The van der Waals surface area contributed by atoms with Gasteiger partial charge in [-0.05, 0) is 48.4 Å². The van der Waals surface area contributed by atoms with Gasteiger partial charge in [-0.15, -0.1) is 0 Å². The Morgan fingerprint density at radius 3 is 2.45 bits per heavy atom. The zero-order chi connectivity index (χ0) is 21.6. The van der Waals surface area contributed by atoms with Gasteiger partial charge in [-0.1, -0.05) is 78.4 Å². The summed E-state index contributed by atoms with van der Waals surface area (Å²) in [7, 11) is 0. The number of benzene rings is 3. The summed E-state index contributed by atoms with van der Waals surface area (Å²) < 4.78 is 6.02. The highest BCUT2D eigenvalue weighted by Crippen LogP contribution is 2.34. The minimum absolute atomic E-state index is 0.231. The second kappa shape index (κ2) is 9.67. The molecule has 0 bridgehead atoms. The lowest BCUT2D eigenvalue weighted by atomic mass is 10.1. The van der Waals surface area contributed by atoms with Gasteiger partial charge >= 0.3 is 0 Å².